The van der Waals surface area contributed by atoms with Gasteiger partial charge in [0.05, 0.1) is 6.10 Å². The molecule has 0 bridgehead atoms. The highest BCUT2D eigenvalue weighted by atomic mass is 16.5. The molecule has 1 aromatic rings. The molecule has 1 fully saturated rings. The molecule has 2 heteroatoms. The third-order valence-corrected chi connectivity index (χ3v) is 2.90. The fourth-order valence-electron chi connectivity index (χ4n) is 2.22. The van der Waals surface area contributed by atoms with Crippen LogP contribution in [0.25, 0.3) is 0 Å². The second-order valence-corrected chi connectivity index (χ2v) is 4.48. The Morgan fingerprint density at radius 2 is 1.80 bits per heavy atom. The number of aryl methyl sites for hydroxylation is 2. The SMILES string of the molecule is Cc1cc(C)cc(O[C@@H]2CCC[C@H]2O)c1. The van der Waals surface area contributed by atoms with Crippen molar-refractivity contribution in [1.82, 2.24) is 0 Å². The Morgan fingerprint density at radius 1 is 1.13 bits per heavy atom. The van der Waals surface area contributed by atoms with Gasteiger partial charge in [-0.15, -0.1) is 0 Å². The van der Waals surface area contributed by atoms with E-state index in [9.17, 15) is 5.11 Å². The molecule has 1 saturated carbocycles. The Hall–Kier alpha value is -1.02. The van der Waals surface area contributed by atoms with Crippen LogP contribution in [0.5, 0.6) is 5.75 Å². The van der Waals surface area contributed by atoms with Crippen LogP contribution in [0.15, 0.2) is 18.2 Å². The zero-order chi connectivity index (χ0) is 10.8. The van der Waals surface area contributed by atoms with Crippen molar-refractivity contribution in [2.45, 2.75) is 45.3 Å². The van der Waals surface area contributed by atoms with E-state index in [-0.39, 0.29) is 12.2 Å². The van der Waals surface area contributed by atoms with E-state index in [4.69, 9.17) is 4.74 Å². The van der Waals surface area contributed by atoms with Crippen molar-refractivity contribution in [1.29, 1.82) is 0 Å². The standard InChI is InChI=1S/C13H18O2/c1-9-6-10(2)8-11(7-9)15-13-5-3-4-12(13)14/h6-8,12-14H,3-5H2,1-2H3/t12-,13-/m1/s1. The van der Waals surface area contributed by atoms with Gasteiger partial charge in [-0.05, 0) is 56.4 Å². The van der Waals surface area contributed by atoms with E-state index >= 15 is 0 Å². The summed E-state index contributed by atoms with van der Waals surface area (Å²) in [6, 6.07) is 6.17. The molecule has 2 nitrogen and oxygen atoms in total. The number of ether oxygens (including phenoxy) is 1. The summed E-state index contributed by atoms with van der Waals surface area (Å²) in [7, 11) is 0. The first kappa shape index (κ1) is 10.5. The minimum Gasteiger partial charge on any atom is -0.488 e. The lowest BCUT2D eigenvalue weighted by molar-refractivity contribution is 0.0603. The molecular formula is C13H18O2. The summed E-state index contributed by atoms with van der Waals surface area (Å²) >= 11 is 0. The van der Waals surface area contributed by atoms with Gasteiger partial charge in [0.15, 0.2) is 0 Å². The average molecular weight is 206 g/mol. The lowest BCUT2D eigenvalue weighted by atomic mass is 10.1. The molecule has 0 saturated heterocycles. The van der Waals surface area contributed by atoms with Crippen molar-refractivity contribution in [3.8, 4) is 5.75 Å². The largest absolute Gasteiger partial charge is 0.488 e. The normalized spacial score (nSPS) is 25.5. The van der Waals surface area contributed by atoms with Crippen molar-refractivity contribution in [3.05, 3.63) is 29.3 Å². The first-order valence-corrected chi connectivity index (χ1v) is 5.58. The number of aliphatic hydroxyl groups excluding tert-OH is 1. The zero-order valence-corrected chi connectivity index (χ0v) is 9.36. The van der Waals surface area contributed by atoms with E-state index in [1.165, 1.54) is 11.1 Å². The van der Waals surface area contributed by atoms with Crippen LogP contribution < -0.4 is 4.74 Å². The lowest BCUT2D eigenvalue weighted by Gasteiger charge is -2.17. The molecule has 0 spiro atoms. The Labute approximate surface area is 90.9 Å². The van der Waals surface area contributed by atoms with Gasteiger partial charge < -0.3 is 9.84 Å². The topological polar surface area (TPSA) is 29.5 Å². The van der Waals surface area contributed by atoms with Crippen molar-refractivity contribution < 1.29 is 9.84 Å². The van der Waals surface area contributed by atoms with Crippen LogP contribution in [0.4, 0.5) is 0 Å². The molecule has 15 heavy (non-hydrogen) atoms. The molecule has 1 aliphatic rings. The number of hydrogen-bond donors (Lipinski definition) is 1. The van der Waals surface area contributed by atoms with E-state index in [0.29, 0.717) is 0 Å². The fraction of sp³-hybridized carbons (Fsp3) is 0.538. The summed E-state index contributed by atoms with van der Waals surface area (Å²) in [4.78, 5) is 0. The van der Waals surface area contributed by atoms with Gasteiger partial charge in [-0.2, -0.15) is 0 Å². The van der Waals surface area contributed by atoms with E-state index in [1.54, 1.807) is 0 Å². The molecule has 1 aromatic carbocycles. The van der Waals surface area contributed by atoms with Gasteiger partial charge in [-0.25, -0.2) is 0 Å². The monoisotopic (exact) mass is 206 g/mol. The van der Waals surface area contributed by atoms with Crippen LogP contribution in [0.3, 0.4) is 0 Å². The van der Waals surface area contributed by atoms with Gasteiger partial charge in [-0.3, -0.25) is 0 Å². The molecule has 2 atom stereocenters. The van der Waals surface area contributed by atoms with Crippen LogP contribution in [-0.4, -0.2) is 17.3 Å². The molecule has 0 unspecified atom stereocenters. The predicted molar refractivity (Wildman–Crippen MR) is 60.2 cm³/mol. The van der Waals surface area contributed by atoms with Crippen molar-refractivity contribution in [3.63, 3.8) is 0 Å². The van der Waals surface area contributed by atoms with Crippen LogP contribution in [0.2, 0.25) is 0 Å². The lowest BCUT2D eigenvalue weighted by Crippen LogP contribution is -2.25. The van der Waals surface area contributed by atoms with Gasteiger partial charge in [0, 0.05) is 0 Å². The Morgan fingerprint density at radius 3 is 2.33 bits per heavy atom. The number of rotatable bonds is 2. The smallest absolute Gasteiger partial charge is 0.124 e. The molecule has 0 radical (unpaired) electrons. The van der Waals surface area contributed by atoms with Gasteiger partial charge in [0.1, 0.15) is 11.9 Å². The fourth-order valence-corrected chi connectivity index (χ4v) is 2.22. The zero-order valence-electron chi connectivity index (χ0n) is 9.36. The van der Waals surface area contributed by atoms with Gasteiger partial charge in [0.25, 0.3) is 0 Å². The number of aliphatic hydroxyl groups is 1. The average Bonchev–Trinajstić information content (AvgIpc) is 2.50. The molecule has 0 aliphatic heterocycles. The van der Waals surface area contributed by atoms with Crippen molar-refractivity contribution >= 4 is 0 Å². The van der Waals surface area contributed by atoms with Gasteiger partial charge in [-0.1, -0.05) is 6.07 Å². The Bertz CT molecular complexity index is 326. The van der Waals surface area contributed by atoms with E-state index in [0.717, 1.165) is 25.0 Å². The van der Waals surface area contributed by atoms with E-state index in [2.05, 4.69) is 19.9 Å². The molecule has 2 rings (SSSR count). The molecule has 0 amide bonds. The van der Waals surface area contributed by atoms with Gasteiger partial charge >= 0.3 is 0 Å². The summed E-state index contributed by atoms with van der Waals surface area (Å²) < 4.78 is 5.80. The summed E-state index contributed by atoms with van der Waals surface area (Å²) in [5, 5.41) is 9.66. The highest BCUT2D eigenvalue weighted by Crippen LogP contribution is 2.25. The minimum absolute atomic E-state index is 0.00815. The summed E-state index contributed by atoms with van der Waals surface area (Å²) in [6.07, 6.45) is 2.61. The Balaban J connectivity index is 2.10. The maximum Gasteiger partial charge on any atom is 0.124 e. The maximum absolute atomic E-state index is 9.66. The molecule has 1 aliphatic carbocycles. The van der Waals surface area contributed by atoms with E-state index in [1.807, 2.05) is 12.1 Å². The summed E-state index contributed by atoms with van der Waals surface area (Å²) in [6.45, 7) is 4.12. The maximum atomic E-state index is 9.66. The highest BCUT2D eigenvalue weighted by Gasteiger charge is 2.26. The molecule has 82 valence electrons. The second-order valence-electron chi connectivity index (χ2n) is 4.48. The van der Waals surface area contributed by atoms with Gasteiger partial charge in [0.2, 0.25) is 0 Å². The third-order valence-electron chi connectivity index (χ3n) is 2.90. The van der Waals surface area contributed by atoms with E-state index < -0.39 is 0 Å². The van der Waals surface area contributed by atoms with Crippen LogP contribution in [-0.2, 0) is 0 Å². The predicted octanol–water partition coefficient (Wildman–Crippen LogP) is 2.60. The molecular weight excluding hydrogens is 188 g/mol. The first-order valence-electron chi connectivity index (χ1n) is 5.58. The first-order chi connectivity index (χ1) is 7.15. The Kier molecular flexibility index (Phi) is 2.96. The molecule has 0 aromatic heterocycles. The molecule has 1 N–H and O–H groups in total. The van der Waals surface area contributed by atoms with Crippen LogP contribution >= 0.6 is 0 Å². The summed E-state index contributed by atoms with van der Waals surface area (Å²) in [5.41, 5.74) is 2.41. The van der Waals surface area contributed by atoms with Crippen LogP contribution in [0.1, 0.15) is 30.4 Å². The second kappa shape index (κ2) is 4.23. The number of benzene rings is 1. The van der Waals surface area contributed by atoms with Crippen molar-refractivity contribution in [2.24, 2.45) is 0 Å². The van der Waals surface area contributed by atoms with Crippen molar-refractivity contribution in [2.75, 3.05) is 0 Å². The highest BCUT2D eigenvalue weighted by molar-refractivity contribution is 5.33. The quantitative estimate of drug-likeness (QED) is 0.806. The summed E-state index contributed by atoms with van der Waals surface area (Å²) in [5.74, 6) is 0.887. The molecule has 0 heterocycles. The number of hydrogen-bond acceptors (Lipinski definition) is 2. The third kappa shape index (κ3) is 2.51. The minimum atomic E-state index is -0.286. The van der Waals surface area contributed by atoms with Crippen LogP contribution in [0, 0.1) is 13.8 Å².